The third-order valence-electron chi connectivity index (χ3n) is 1.97. The summed E-state index contributed by atoms with van der Waals surface area (Å²) in [5.74, 6) is 1.05. The molecule has 0 aliphatic heterocycles. The zero-order chi connectivity index (χ0) is 11.4. The van der Waals surface area contributed by atoms with Gasteiger partial charge in [0, 0.05) is 5.56 Å². The predicted octanol–water partition coefficient (Wildman–Crippen LogP) is 1.90. The Labute approximate surface area is 100 Å². The highest BCUT2D eigenvalue weighted by Gasteiger charge is 2.08. The predicted molar refractivity (Wildman–Crippen MR) is 58.7 cm³/mol. The molecule has 16 heavy (non-hydrogen) atoms. The van der Waals surface area contributed by atoms with E-state index in [2.05, 4.69) is 30.6 Å². The number of ether oxygens (including phenoxy) is 1. The molecule has 0 atom stereocenters. The van der Waals surface area contributed by atoms with Gasteiger partial charge in [-0.3, -0.25) is 0 Å². The molecule has 6 heteroatoms. The monoisotopic (exact) mass is 284 g/mol. The number of nitrogens with zero attached hydrogens (tertiary/aromatic N) is 2. The van der Waals surface area contributed by atoms with Crippen LogP contribution in [0.2, 0.25) is 0 Å². The molecular formula is C10H9BrN2O3. The number of hydrogen-bond acceptors (Lipinski definition) is 5. The molecule has 0 radical (unpaired) electrons. The summed E-state index contributed by atoms with van der Waals surface area (Å²) in [4.78, 5) is 3.84. The third kappa shape index (κ3) is 2.40. The fourth-order valence-electron chi connectivity index (χ4n) is 1.23. The highest BCUT2D eigenvalue weighted by atomic mass is 79.9. The van der Waals surface area contributed by atoms with Crippen LogP contribution in [-0.4, -0.2) is 15.2 Å². The van der Waals surface area contributed by atoms with Crippen molar-refractivity contribution in [1.82, 2.24) is 10.1 Å². The Morgan fingerprint density at radius 1 is 1.44 bits per heavy atom. The number of benzene rings is 1. The van der Waals surface area contributed by atoms with Crippen molar-refractivity contribution in [1.29, 1.82) is 0 Å². The van der Waals surface area contributed by atoms with Gasteiger partial charge < -0.3 is 14.4 Å². The van der Waals surface area contributed by atoms with Crippen molar-refractivity contribution in [2.75, 3.05) is 0 Å². The molecule has 2 rings (SSSR count). The Morgan fingerprint density at radius 2 is 2.31 bits per heavy atom. The van der Waals surface area contributed by atoms with E-state index in [1.807, 2.05) is 12.1 Å². The maximum absolute atomic E-state index is 9.15. The summed E-state index contributed by atoms with van der Waals surface area (Å²) in [5, 5.41) is 12.8. The van der Waals surface area contributed by atoms with E-state index in [4.69, 9.17) is 9.84 Å². The highest BCUT2D eigenvalue weighted by molar-refractivity contribution is 9.10. The van der Waals surface area contributed by atoms with Crippen molar-refractivity contribution < 1.29 is 14.4 Å². The summed E-state index contributed by atoms with van der Waals surface area (Å²) in [7, 11) is 0. The van der Waals surface area contributed by atoms with E-state index in [9.17, 15) is 0 Å². The number of para-hydroxylation sites is 1. The van der Waals surface area contributed by atoms with Crippen LogP contribution in [0, 0.1) is 0 Å². The Balaban J connectivity index is 2.14. The summed E-state index contributed by atoms with van der Waals surface area (Å²) in [5.41, 5.74) is 0.706. The summed E-state index contributed by atoms with van der Waals surface area (Å²) in [6, 6.07) is 5.46. The molecule has 0 unspecified atom stereocenters. The molecule has 0 saturated carbocycles. The average molecular weight is 285 g/mol. The maximum atomic E-state index is 9.15. The van der Waals surface area contributed by atoms with Crippen LogP contribution in [0.15, 0.2) is 33.6 Å². The van der Waals surface area contributed by atoms with Gasteiger partial charge in [0.05, 0.1) is 11.1 Å². The van der Waals surface area contributed by atoms with Crippen LogP contribution in [0.5, 0.6) is 5.75 Å². The molecule has 0 fully saturated rings. The molecular weight excluding hydrogens is 276 g/mol. The first-order valence-corrected chi connectivity index (χ1v) is 5.37. The number of rotatable bonds is 4. The van der Waals surface area contributed by atoms with Crippen molar-refractivity contribution in [2.45, 2.75) is 13.2 Å². The van der Waals surface area contributed by atoms with Crippen molar-refractivity contribution in [3.8, 4) is 5.75 Å². The van der Waals surface area contributed by atoms with Crippen molar-refractivity contribution >= 4 is 15.9 Å². The van der Waals surface area contributed by atoms with Gasteiger partial charge in [-0.15, -0.1) is 0 Å². The highest BCUT2D eigenvalue weighted by Crippen LogP contribution is 2.29. The summed E-state index contributed by atoms with van der Waals surface area (Å²) in [6.07, 6.45) is 1.24. The van der Waals surface area contributed by atoms with E-state index >= 15 is 0 Å². The fourth-order valence-corrected chi connectivity index (χ4v) is 1.75. The third-order valence-corrected chi connectivity index (χ3v) is 2.60. The van der Waals surface area contributed by atoms with Gasteiger partial charge in [0.2, 0.25) is 12.2 Å². The van der Waals surface area contributed by atoms with E-state index < -0.39 is 0 Å². The smallest absolute Gasteiger partial charge is 0.213 e. The molecule has 0 bridgehead atoms. The zero-order valence-electron chi connectivity index (χ0n) is 8.26. The summed E-state index contributed by atoms with van der Waals surface area (Å²) < 4.78 is 10.9. The number of aliphatic hydroxyl groups is 1. The van der Waals surface area contributed by atoms with Gasteiger partial charge in [0.1, 0.15) is 5.75 Å². The van der Waals surface area contributed by atoms with E-state index in [1.54, 1.807) is 6.07 Å². The first-order chi connectivity index (χ1) is 7.81. The van der Waals surface area contributed by atoms with Crippen LogP contribution in [0.3, 0.4) is 0 Å². The van der Waals surface area contributed by atoms with Gasteiger partial charge >= 0.3 is 0 Å². The van der Waals surface area contributed by atoms with E-state index in [-0.39, 0.29) is 13.2 Å². The van der Waals surface area contributed by atoms with Gasteiger partial charge in [0.15, 0.2) is 6.61 Å². The first-order valence-electron chi connectivity index (χ1n) is 4.57. The molecule has 5 nitrogen and oxygen atoms in total. The molecule has 0 saturated heterocycles. The minimum Gasteiger partial charge on any atom is -0.484 e. The zero-order valence-corrected chi connectivity index (χ0v) is 9.85. The van der Waals surface area contributed by atoms with Crippen molar-refractivity contribution in [3.05, 3.63) is 40.5 Å². The van der Waals surface area contributed by atoms with Crippen LogP contribution in [0.4, 0.5) is 0 Å². The molecule has 1 N–H and O–H groups in total. The summed E-state index contributed by atoms with van der Waals surface area (Å²) >= 11 is 3.35. The second-order valence-corrected chi connectivity index (χ2v) is 3.88. The lowest BCUT2D eigenvalue weighted by Gasteiger charge is -2.10. The topological polar surface area (TPSA) is 68.4 Å². The number of aliphatic hydroxyl groups excluding tert-OH is 1. The lowest BCUT2D eigenvalue weighted by molar-refractivity contribution is 0.252. The largest absolute Gasteiger partial charge is 0.484 e. The van der Waals surface area contributed by atoms with E-state index in [1.165, 1.54) is 6.39 Å². The number of hydrogen-bond donors (Lipinski definition) is 1. The Morgan fingerprint density at radius 3 is 3.00 bits per heavy atom. The second kappa shape index (κ2) is 5.09. The van der Waals surface area contributed by atoms with Gasteiger partial charge in [-0.25, -0.2) is 0 Å². The lowest BCUT2D eigenvalue weighted by atomic mass is 10.2. The number of halogens is 1. The SMILES string of the molecule is OCc1cccc(Br)c1OCc1ncon1. The van der Waals surface area contributed by atoms with Crippen molar-refractivity contribution in [3.63, 3.8) is 0 Å². The van der Waals surface area contributed by atoms with Crippen molar-refractivity contribution in [2.24, 2.45) is 0 Å². The molecule has 0 spiro atoms. The van der Waals surface area contributed by atoms with Crippen LogP contribution >= 0.6 is 15.9 Å². The van der Waals surface area contributed by atoms with Gasteiger partial charge in [-0.05, 0) is 22.0 Å². The fraction of sp³-hybridized carbons (Fsp3) is 0.200. The van der Waals surface area contributed by atoms with Gasteiger partial charge in [-0.2, -0.15) is 4.98 Å². The standard InChI is InChI=1S/C10H9BrN2O3/c11-8-3-1-2-7(4-14)10(8)15-5-9-12-6-16-13-9/h1-3,6,14H,4-5H2. The Kier molecular flexibility index (Phi) is 3.53. The van der Waals surface area contributed by atoms with E-state index in [0.717, 1.165) is 4.47 Å². The Hall–Kier alpha value is -1.40. The molecule has 1 heterocycles. The number of aromatic nitrogens is 2. The molecule has 0 aliphatic rings. The maximum Gasteiger partial charge on any atom is 0.213 e. The normalized spacial score (nSPS) is 10.4. The van der Waals surface area contributed by atoms with Gasteiger partial charge in [-0.1, -0.05) is 17.3 Å². The quantitative estimate of drug-likeness (QED) is 0.929. The van der Waals surface area contributed by atoms with Crippen LogP contribution < -0.4 is 4.74 Å². The molecule has 1 aromatic carbocycles. The first kappa shape index (κ1) is 11.1. The molecule has 1 aromatic heterocycles. The molecule has 84 valence electrons. The minimum absolute atomic E-state index is 0.0823. The summed E-state index contributed by atoms with van der Waals surface area (Å²) in [6.45, 7) is 0.118. The van der Waals surface area contributed by atoms with Gasteiger partial charge in [0.25, 0.3) is 0 Å². The molecule has 0 aliphatic carbocycles. The second-order valence-electron chi connectivity index (χ2n) is 3.02. The van der Waals surface area contributed by atoms with Crippen LogP contribution in [-0.2, 0) is 13.2 Å². The van der Waals surface area contributed by atoms with E-state index in [0.29, 0.717) is 17.1 Å². The van der Waals surface area contributed by atoms with Crippen LogP contribution in [0.1, 0.15) is 11.4 Å². The van der Waals surface area contributed by atoms with Crippen LogP contribution in [0.25, 0.3) is 0 Å². The average Bonchev–Trinajstić information content (AvgIpc) is 2.80. The lowest BCUT2D eigenvalue weighted by Crippen LogP contribution is -2.01. The Bertz CT molecular complexity index is 459. The molecule has 2 aromatic rings. The molecule has 0 amide bonds. The minimum atomic E-state index is -0.0823.